The topological polar surface area (TPSA) is 59.0 Å². The number of hydrogen-bond acceptors (Lipinski definition) is 3. The molecule has 0 spiro atoms. The maximum Gasteiger partial charge on any atom is 0.237 e. The number of carbonyl (C=O) groups is 1. The summed E-state index contributed by atoms with van der Waals surface area (Å²) in [5.41, 5.74) is 2.53. The molecule has 1 atom stereocenters. The van der Waals surface area contributed by atoms with Crippen molar-refractivity contribution in [2.45, 2.75) is 25.6 Å². The minimum Gasteiger partial charge on any atom is -0.348 e. The maximum atomic E-state index is 12.2. The second-order valence-electron chi connectivity index (χ2n) is 5.08. The zero-order valence-corrected chi connectivity index (χ0v) is 11.5. The van der Waals surface area contributed by atoms with Crippen LogP contribution in [0.5, 0.6) is 0 Å². The average Bonchev–Trinajstić information content (AvgIpc) is 2.89. The van der Waals surface area contributed by atoms with Crippen LogP contribution in [0.4, 0.5) is 0 Å². The first-order valence-corrected chi connectivity index (χ1v) is 6.78. The number of nitrogens with zero attached hydrogens (tertiary/aromatic N) is 2. The number of hydrogen-bond donors (Lipinski definition) is 2. The molecule has 20 heavy (non-hydrogen) atoms. The molecule has 1 aliphatic rings. The Morgan fingerprint density at radius 1 is 1.45 bits per heavy atom. The number of benzene rings is 1. The Kier molecular flexibility index (Phi) is 3.52. The van der Waals surface area contributed by atoms with E-state index in [-0.39, 0.29) is 11.9 Å². The van der Waals surface area contributed by atoms with Gasteiger partial charge >= 0.3 is 0 Å². The predicted molar refractivity (Wildman–Crippen MR) is 75.8 cm³/mol. The van der Waals surface area contributed by atoms with Crippen molar-refractivity contribution in [3.05, 3.63) is 53.6 Å². The highest BCUT2D eigenvalue weighted by atomic mass is 16.2. The molecule has 0 saturated heterocycles. The van der Waals surface area contributed by atoms with Gasteiger partial charge in [-0.1, -0.05) is 24.3 Å². The summed E-state index contributed by atoms with van der Waals surface area (Å²) in [6.07, 6.45) is 4.34. The number of rotatable bonds is 3. The largest absolute Gasteiger partial charge is 0.348 e. The Morgan fingerprint density at radius 3 is 3.00 bits per heavy atom. The number of amides is 1. The lowest BCUT2D eigenvalue weighted by atomic mass is 9.95. The van der Waals surface area contributed by atoms with Gasteiger partial charge in [-0.3, -0.25) is 4.79 Å². The molecule has 2 N–H and O–H groups in total. The van der Waals surface area contributed by atoms with Crippen molar-refractivity contribution >= 4 is 5.91 Å². The van der Waals surface area contributed by atoms with Gasteiger partial charge in [-0.05, 0) is 17.5 Å². The summed E-state index contributed by atoms with van der Waals surface area (Å²) in [4.78, 5) is 16.4. The zero-order chi connectivity index (χ0) is 13.9. The summed E-state index contributed by atoms with van der Waals surface area (Å²) >= 11 is 0. The van der Waals surface area contributed by atoms with E-state index in [1.54, 1.807) is 6.20 Å². The van der Waals surface area contributed by atoms with E-state index in [0.29, 0.717) is 6.54 Å². The third kappa shape index (κ3) is 2.58. The number of aromatic nitrogens is 2. The van der Waals surface area contributed by atoms with Gasteiger partial charge in [0.15, 0.2) is 0 Å². The molecule has 1 aromatic carbocycles. The fourth-order valence-electron chi connectivity index (χ4n) is 2.50. The highest BCUT2D eigenvalue weighted by Gasteiger charge is 2.23. The summed E-state index contributed by atoms with van der Waals surface area (Å²) in [5, 5.41) is 6.22. The minimum atomic E-state index is -0.162. The Balaban J connectivity index is 1.60. The van der Waals surface area contributed by atoms with Crippen LogP contribution in [0.3, 0.4) is 0 Å². The lowest BCUT2D eigenvalue weighted by Gasteiger charge is -2.25. The first-order valence-electron chi connectivity index (χ1n) is 6.78. The molecule has 1 aliphatic heterocycles. The Labute approximate surface area is 118 Å². The van der Waals surface area contributed by atoms with Crippen LogP contribution < -0.4 is 10.6 Å². The number of carbonyl (C=O) groups excluding carboxylic acids is 1. The number of fused-ring (bicyclic) bond motifs is 1. The molecular formula is C15H18N4O. The lowest BCUT2D eigenvalue weighted by molar-refractivity contribution is -0.123. The average molecular weight is 270 g/mol. The summed E-state index contributed by atoms with van der Waals surface area (Å²) in [6, 6.07) is 8.08. The Hall–Kier alpha value is -2.14. The number of aryl methyl sites for hydroxylation is 1. The molecule has 0 saturated carbocycles. The van der Waals surface area contributed by atoms with Crippen LogP contribution in [0, 0.1) is 0 Å². The maximum absolute atomic E-state index is 12.2. The van der Waals surface area contributed by atoms with Gasteiger partial charge in [0, 0.05) is 26.0 Å². The van der Waals surface area contributed by atoms with Crippen molar-refractivity contribution in [3.8, 4) is 0 Å². The Morgan fingerprint density at radius 2 is 2.25 bits per heavy atom. The van der Waals surface area contributed by atoms with E-state index >= 15 is 0 Å². The van der Waals surface area contributed by atoms with Crippen molar-refractivity contribution < 1.29 is 4.79 Å². The molecule has 3 rings (SSSR count). The van der Waals surface area contributed by atoms with Crippen molar-refractivity contribution in [1.29, 1.82) is 0 Å². The molecule has 0 fully saturated rings. The van der Waals surface area contributed by atoms with Crippen LogP contribution in [-0.4, -0.2) is 21.5 Å². The van der Waals surface area contributed by atoms with Crippen molar-refractivity contribution in [2.75, 3.05) is 0 Å². The second kappa shape index (κ2) is 5.46. The lowest BCUT2D eigenvalue weighted by Crippen LogP contribution is -2.47. The normalized spacial score (nSPS) is 17.6. The third-order valence-corrected chi connectivity index (χ3v) is 3.74. The van der Waals surface area contributed by atoms with Gasteiger partial charge in [-0.2, -0.15) is 0 Å². The van der Waals surface area contributed by atoms with E-state index in [0.717, 1.165) is 18.8 Å². The van der Waals surface area contributed by atoms with Gasteiger partial charge in [-0.25, -0.2) is 4.98 Å². The smallest absolute Gasteiger partial charge is 0.237 e. The molecule has 1 amide bonds. The molecule has 2 aromatic rings. The highest BCUT2D eigenvalue weighted by molar-refractivity contribution is 5.82. The van der Waals surface area contributed by atoms with Crippen LogP contribution >= 0.6 is 0 Å². The van der Waals surface area contributed by atoms with E-state index in [9.17, 15) is 4.79 Å². The fourth-order valence-corrected chi connectivity index (χ4v) is 2.50. The van der Waals surface area contributed by atoms with E-state index in [2.05, 4.69) is 27.8 Å². The first kappa shape index (κ1) is 12.9. The standard InChI is InChI=1S/C15H18N4O/c1-19-7-6-16-14(19)10-18-15(20)13-8-11-4-2-3-5-12(11)9-17-13/h2-7,13,17H,8-10H2,1H3,(H,18,20). The molecule has 104 valence electrons. The first-order chi connectivity index (χ1) is 9.74. The molecule has 0 radical (unpaired) electrons. The van der Waals surface area contributed by atoms with Crippen molar-refractivity contribution in [3.63, 3.8) is 0 Å². The summed E-state index contributed by atoms with van der Waals surface area (Å²) in [6.45, 7) is 1.21. The van der Waals surface area contributed by atoms with Gasteiger partial charge < -0.3 is 15.2 Å². The number of imidazole rings is 1. The molecule has 2 heterocycles. The third-order valence-electron chi connectivity index (χ3n) is 3.74. The van der Waals surface area contributed by atoms with Crippen molar-refractivity contribution in [2.24, 2.45) is 7.05 Å². The van der Waals surface area contributed by atoms with E-state index < -0.39 is 0 Å². The number of nitrogens with one attached hydrogen (secondary N) is 2. The van der Waals surface area contributed by atoms with E-state index in [1.807, 2.05) is 29.9 Å². The van der Waals surface area contributed by atoms with Gasteiger partial charge in [0.05, 0.1) is 12.6 Å². The Bertz CT molecular complexity index is 620. The monoisotopic (exact) mass is 270 g/mol. The molecule has 5 heteroatoms. The molecule has 1 aromatic heterocycles. The van der Waals surface area contributed by atoms with Crippen molar-refractivity contribution in [1.82, 2.24) is 20.2 Å². The van der Waals surface area contributed by atoms with Gasteiger partial charge in [0.2, 0.25) is 5.91 Å². The van der Waals surface area contributed by atoms with Crippen LogP contribution in [0.25, 0.3) is 0 Å². The SMILES string of the molecule is Cn1ccnc1CNC(=O)C1Cc2ccccc2CN1. The summed E-state index contributed by atoms with van der Waals surface area (Å²) < 4.78 is 1.91. The van der Waals surface area contributed by atoms with Crippen LogP contribution in [-0.2, 0) is 31.4 Å². The molecular weight excluding hydrogens is 252 g/mol. The van der Waals surface area contributed by atoms with Crippen LogP contribution in [0.1, 0.15) is 17.0 Å². The second-order valence-corrected chi connectivity index (χ2v) is 5.08. The van der Waals surface area contributed by atoms with E-state index in [4.69, 9.17) is 0 Å². The summed E-state index contributed by atoms with van der Waals surface area (Å²) in [5.74, 6) is 0.886. The van der Waals surface area contributed by atoms with E-state index in [1.165, 1.54) is 11.1 Å². The fraction of sp³-hybridized carbons (Fsp3) is 0.333. The molecule has 0 aliphatic carbocycles. The minimum absolute atomic E-state index is 0.0301. The van der Waals surface area contributed by atoms with Gasteiger partial charge in [0.25, 0.3) is 0 Å². The van der Waals surface area contributed by atoms with Crippen LogP contribution in [0.2, 0.25) is 0 Å². The predicted octanol–water partition coefficient (Wildman–Crippen LogP) is 0.751. The molecule has 5 nitrogen and oxygen atoms in total. The van der Waals surface area contributed by atoms with Gasteiger partial charge in [0.1, 0.15) is 5.82 Å². The van der Waals surface area contributed by atoms with Crippen LogP contribution in [0.15, 0.2) is 36.7 Å². The quantitative estimate of drug-likeness (QED) is 0.865. The summed E-state index contributed by atoms with van der Waals surface area (Å²) in [7, 11) is 1.92. The zero-order valence-electron chi connectivity index (χ0n) is 11.5. The molecule has 1 unspecified atom stereocenters. The molecule has 0 bridgehead atoms. The highest BCUT2D eigenvalue weighted by Crippen LogP contribution is 2.16. The van der Waals surface area contributed by atoms with Gasteiger partial charge in [-0.15, -0.1) is 0 Å².